The molecular weight excluding hydrogens is 402 g/mol. The number of carbonyl (C=O) groups excluding carboxylic acids is 1. The van der Waals surface area contributed by atoms with Gasteiger partial charge in [-0.3, -0.25) is 4.79 Å². The summed E-state index contributed by atoms with van der Waals surface area (Å²) in [5.74, 6) is 2.11. The first-order valence-electron chi connectivity index (χ1n) is 9.86. The van der Waals surface area contributed by atoms with Crippen molar-refractivity contribution < 1.29 is 19.4 Å². The second-order valence-electron chi connectivity index (χ2n) is 6.99. The molecule has 6 heteroatoms. The highest BCUT2D eigenvalue weighted by Gasteiger charge is 2.23. The van der Waals surface area contributed by atoms with Crippen LogP contribution in [0.3, 0.4) is 0 Å². The standard InChI is InChI=1S/C24H22ClNO4/c25-18-6-9-20(10-7-18)30-23-11-8-19(26-12-2-5-24(26)28)16-22(23)17-3-1-4-21(15-17)29-14-13-27/h1,3-4,6-11,15-16,27H,2,5,12-14H2. The lowest BCUT2D eigenvalue weighted by molar-refractivity contribution is -0.117. The Hall–Kier alpha value is -3.02. The average molecular weight is 424 g/mol. The number of carbonyl (C=O) groups is 1. The van der Waals surface area contributed by atoms with Gasteiger partial charge in [-0.05, 0) is 66.6 Å². The summed E-state index contributed by atoms with van der Waals surface area (Å²) in [6.07, 6.45) is 1.44. The van der Waals surface area contributed by atoms with Gasteiger partial charge in [0.25, 0.3) is 0 Å². The van der Waals surface area contributed by atoms with Crippen molar-refractivity contribution in [2.45, 2.75) is 12.8 Å². The molecule has 3 aromatic rings. The van der Waals surface area contributed by atoms with Crippen LogP contribution < -0.4 is 14.4 Å². The van der Waals surface area contributed by atoms with E-state index in [9.17, 15) is 4.79 Å². The average Bonchev–Trinajstić information content (AvgIpc) is 3.20. The van der Waals surface area contributed by atoms with Crippen molar-refractivity contribution in [1.82, 2.24) is 0 Å². The molecule has 1 amide bonds. The van der Waals surface area contributed by atoms with Crippen LogP contribution in [-0.4, -0.2) is 30.8 Å². The number of benzene rings is 3. The van der Waals surface area contributed by atoms with Gasteiger partial charge in [-0.2, -0.15) is 0 Å². The molecule has 1 aliphatic heterocycles. The molecule has 4 rings (SSSR count). The molecule has 0 radical (unpaired) electrons. The summed E-state index contributed by atoms with van der Waals surface area (Å²) in [7, 11) is 0. The van der Waals surface area contributed by atoms with E-state index in [-0.39, 0.29) is 19.1 Å². The van der Waals surface area contributed by atoms with Crippen LogP contribution in [0.2, 0.25) is 5.02 Å². The second kappa shape index (κ2) is 9.20. The third-order valence-corrected chi connectivity index (χ3v) is 5.15. The normalized spacial score (nSPS) is 13.5. The summed E-state index contributed by atoms with van der Waals surface area (Å²) < 4.78 is 11.7. The van der Waals surface area contributed by atoms with Crippen LogP contribution in [0.15, 0.2) is 66.7 Å². The van der Waals surface area contributed by atoms with Crippen molar-refractivity contribution >= 4 is 23.2 Å². The zero-order chi connectivity index (χ0) is 20.9. The summed E-state index contributed by atoms with van der Waals surface area (Å²) in [4.78, 5) is 14.0. The highest BCUT2D eigenvalue weighted by atomic mass is 35.5. The number of ether oxygens (including phenoxy) is 2. The maximum absolute atomic E-state index is 12.2. The first-order chi connectivity index (χ1) is 14.6. The number of aliphatic hydroxyl groups excluding tert-OH is 1. The topological polar surface area (TPSA) is 59.0 Å². The fourth-order valence-corrected chi connectivity index (χ4v) is 3.59. The number of hydrogen-bond acceptors (Lipinski definition) is 4. The van der Waals surface area contributed by atoms with Crippen LogP contribution >= 0.6 is 11.6 Å². The molecule has 30 heavy (non-hydrogen) atoms. The van der Waals surface area contributed by atoms with Crippen molar-refractivity contribution in [1.29, 1.82) is 0 Å². The van der Waals surface area contributed by atoms with Gasteiger partial charge in [-0.1, -0.05) is 23.7 Å². The lowest BCUT2D eigenvalue weighted by Crippen LogP contribution is -2.23. The minimum atomic E-state index is -0.0539. The van der Waals surface area contributed by atoms with Crippen molar-refractivity contribution in [2.24, 2.45) is 0 Å². The molecule has 0 spiro atoms. The zero-order valence-corrected chi connectivity index (χ0v) is 17.1. The van der Waals surface area contributed by atoms with Crippen LogP contribution in [0.5, 0.6) is 17.2 Å². The number of rotatable bonds is 7. The van der Waals surface area contributed by atoms with Gasteiger partial charge < -0.3 is 19.5 Å². The number of anilines is 1. The van der Waals surface area contributed by atoms with E-state index in [4.69, 9.17) is 26.2 Å². The fourth-order valence-electron chi connectivity index (χ4n) is 3.47. The van der Waals surface area contributed by atoms with Crippen molar-refractivity contribution in [3.63, 3.8) is 0 Å². The first kappa shape index (κ1) is 20.3. The summed E-state index contributed by atoms with van der Waals surface area (Å²) in [5.41, 5.74) is 2.58. The lowest BCUT2D eigenvalue weighted by Gasteiger charge is -2.19. The quantitative estimate of drug-likeness (QED) is 0.560. The molecule has 0 unspecified atom stereocenters. The number of halogens is 1. The Labute approximate surface area is 180 Å². The first-order valence-corrected chi connectivity index (χ1v) is 10.2. The molecule has 1 aliphatic rings. The summed E-state index contributed by atoms with van der Waals surface area (Å²) >= 11 is 5.98. The van der Waals surface area contributed by atoms with Crippen LogP contribution in [-0.2, 0) is 4.79 Å². The van der Waals surface area contributed by atoms with Crippen LogP contribution in [0.25, 0.3) is 11.1 Å². The van der Waals surface area contributed by atoms with Gasteiger partial charge in [0.2, 0.25) is 5.91 Å². The van der Waals surface area contributed by atoms with E-state index in [1.54, 1.807) is 12.1 Å². The van der Waals surface area contributed by atoms with Crippen LogP contribution in [0.1, 0.15) is 12.8 Å². The van der Waals surface area contributed by atoms with Crippen LogP contribution in [0.4, 0.5) is 5.69 Å². The number of hydrogen-bond donors (Lipinski definition) is 1. The van der Waals surface area contributed by atoms with Gasteiger partial charge in [0, 0.05) is 29.2 Å². The molecule has 1 saturated heterocycles. The molecule has 5 nitrogen and oxygen atoms in total. The minimum absolute atomic E-state index is 0.0539. The van der Waals surface area contributed by atoms with E-state index in [1.165, 1.54) is 0 Å². The van der Waals surface area contributed by atoms with Crippen molar-refractivity contribution in [2.75, 3.05) is 24.7 Å². The van der Waals surface area contributed by atoms with Gasteiger partial charge >= 0.3 is 0 Å². The minimum Gasteiger partial charge on any atom is -0.491 e. The van der Waals surface area contributed by atoms with Crippen molar-refractivity contribution in [3.8, 4) is 28.4 Å². The van der Waals surface area contributed by atoms with E-state index in [2.05, 4.69) is 0 Å². The number of aliphatic hydroxyl groups is 1. The van der Waals surface area contributed by atoms with E-state index < -0.39 is 0 Å². The molecule has 3 aromatic carbocycles. The molecule has 0 bridgehead atoms. The number of nitrogens with zero attached hydrogens (tertiary/aromatic N) is 1. The number of amides is 1. The van der Waals surface area contributed by atoms with Gasteiger partial charge in [0.05, 0.1) is 6.61 Å². The highest BCUT2D eigenvalue weighted by Crippen LogP contribution is 2.38. The van der Waals surface area contributed by atoms with Gasteiger partial charge in [-0.25, -0.2) is 0 Å². The third kappa shape index (κ3) is 4.58. The Morgan fingerprint density at radius 2 is 1.83 bits per heavy atom. The zero-order valence-electron chi connectivity index (χ0n) is 16.4. The largest absolute Gasteiger partial charge is 0.491 e. The van der Waals surface area contributed by atoms with Crippen molar-refractivity contribution in [3.05, 3.63) is 71.8 Å². The molecular formula is C24H22ClNO4. The van der Waals surface area contributed by atoms with Gasteiger partial charge in [0.1, 0.15) is 23.9 Å². The smallest absolute Gasteiger partial charge is 0.227 e. The van der Waals surface area contributed by atoms with Gasteiger partial charge in [-0.15, -0.1) is 0 Å². The summed E-state index contributed by atoms with van der Waals surface area (Å²) in [6.45, 7) is 0.886. The SMILES string of the molecule is O=C1CCCN1c1ccc(Oc2ccc(Cl)cc2)c(-c2cccc(OCCO)c2)c1. The molecule has 0 saturated carbocycles. The monoisotopic (exact) mass is 423 g/mol. The summed E-state index contributed by atoms with van der Waals surface area (Å²) in [5, 5.41) is 9.67. The molecule has 0 aromatic heterocycles. The Balaban J connectivity index is 1.74. The van der Waals surface area contributed by atoms with E-state index in [1.807, 2.05) is 59.5 Å². The van der Waals surface area contributed by atoms with Crippen LogP contribution in [0, 0.1) is 0 Å². The molecule has 1 fully saturated rings. The Morgan fingerprint density at radius 1 is 1.00 bits per heavy atom. The maximum Gasteiger partial charge on any atom is 0.227 e. The third-order valence-electron chi connectivity index (χ3n) is 4.89. The van der Waals surface area contributed by atoms with E-state index in [0.29, 0.717) is 28.7 Å². The maximum atomic E-state index is 12.2. The predicted molar refractivity (Wildman–Crippen MR) is 118 cm³/mol. The second-order valence-corrected chi connectivity index (χ2v) is 7.42. The Morgan fingerprint density at radius 3 is 2.57 bits per heavy atom. The fraction of sp³-hybridized carbons (Fsp3) is 0.208. The highest BCUT2D eigenvalue weighted by molar-refractivity contribution is 6.30. The molecule has 154 valence electrons. The molecule has 0 aliphatic carbocycles. The molecule has 1 heterocycles. The van der Waals surface area contributed by atoms with E-state index in [0.717, 1.165) is 29.8 Å². The Kier molecular flexibility index (Phi) is 6.21. The predicted octanol–water partition coefficient (Wildman–Crippen LogP) is 5.30. The van der Waals surface area contributed by atoms with Gasteiger partial charge in [0.15, 0.2) is 0 Å². The van der Waals surface area contributed by atoms with E-state index >= 15 is 0 Å². The molecule has 0 atom stereocenters. The molecule has 1 N–H and O–H groups in total. The lowest BCUT2D eigenvalue weighted by atomic mass is 10.0. The Bertz CT molecular complexity index is 1040. The summed E-state index contributed by atoms with van der Waals surface area (Å²) in [6, 6.07) is 20.5.